The van der Waals surface area contributed by atoms with E-state index in [1.807, 2.05) is 34.6 Å². The van der Waals surface area contributed by atoms with E-state index >= 15 is 0 Å². The second-order valence-corrected chi connectivity index (χ2v) is 15.5. The normalized spacial score (nSPS) is 36.1. The van der Waals surface area contributed by atoms with Crippen LogP contribution >= 0.6 is 0 Å². The van der Waals surface area contributed by atoms with Crippen molar-refractivity contribution >= 4 is 17.5 Å². The van der Waals surface area contributed by atoms with Gasteiger partial charge in [0.1, 0.15) is 28.4 Å². The number of hydrogen-bond acceptors (Lipinski definition) is 7. The maximum atomic E-state index is 15.0. The molecule has 1 spiro atoms. The highest BCUT2D eigenvalue weighted by atomic mass is 16.6. The second-order valence-electron chi connectivity index (χ2n) is 15.5. The Balaban J connectivity index is 1.52. The van der Waals surface area contributed by atoms with Crippen molar-refractivity contribution in [3.05, 3.63) is 63.8 Å². The molecule has 1 aromatic rings. The first-order chi connectivity index (χ1) is 21.5. The van der Waals surface area contributed by atoms with Gasteiger partial charge in [-0.25, -0.2) is 4.79 Å². The lowest BCUT2D eigenvalue weighted by Crippen LogP contribution is -2.72. The van der Waals surface area contributed by atoms with Gasteiger partial charge in [0.2, 0.25) is 0 Å². The van der Waals surface area contributed by atoms with Gasteiger partial charge in [-0.2, -0.15) is 0 Å². The molecule has 0 unspecified atom stereocenters. The molecule has 2 saturated carbocycles. The number of aromatic hydroxyl groups is 1. The van der Waals surface area contributed by atoms with Crippen LogP contribution < -0.4 is 9.47 Å². The fourth-order valence-corrected chi connectivity index (χ4v) is 9.66. The van der Waals surface area contributed by atoms with Crippen LogP contribution in [0.3, 0.4) is 0 Å². The predicted octanol–water partition coefficient (Wildman–Crippen LogP) is 6.94. The van der Waals surface area contributed by atoms with E-state index in [2.05, 4.69) is 19.6 Å². The van der Waals surface area contributed by atoms with Crippen molar-refractivity contribution in [1.82, 2.24) is 0 Å². The lowest BCUT2D eigenvalue weighted by atomic mass is 9.51. The minimum Gasteiger partial charge on any atom is -0.507 e. The summed E-state index contributed by atoms with van der Waals surface area (Å²) in [7, 11) is 0. The molecule has 7 aliphatic rings. The van der Waals surface area contributed by atoms with E-state index in [9.17, 15) is 24.6 Å². The lowest BCUT2D eigenvalue weighted by Gasteiger charge is -2.56. The van der Waals surface area contributed by atoms with Crippen molar-refractivity contribution in [2.45, 2.75) is 115 Å². The SMILES string of the molecule is C=C(C)[C@@H]1CC[C@@]2(C)C[C@H]1c1c(O)c3c(c(CC=C(C)C)c1O2)O[C@]12C(=C[C@@H]4C[C@H]1C(C)(C)O[C@@]2(C/C=C(/C)C(=O)O)C4=O)C3=O. The number of phenols is 1. The van der Waals surface area contributed by atoms with E-state index in [4.69, 9.17) is 14.2 Å². The number of carboxylic acid groups (broad SMARTS) is 1. The third-order valence-corrected chi connectivity index (χ3v) is 11.8. The Bertz CT molecular complexity index is 1740. The van der Waals surface area contributed by atoms with Crippen molar-refractivity contribution in [1.29, 1.82) is 0 Å². The zero-order chi connectivity index (χ0) is 33.3. The van der Waals surface area contributed by atoms with Crippen LogP contribution in [-0.2, 0) is 20.7 Å². The molecule has 6 bridgehead atoms. The minimum absolute atomic E-state index is 0.0580. The second kappa shape index (κ2) is 9.69. The van der Waals surface area contributed by atoms with Crippen LogP contribution in [0.25, 0.3) is 0 Å². The van der Waals surface area contributed by atoms with Crippen molar-refractivity contribution in [2.75, 3.05) is 0 Å². The molecular weight excluding hydrogens is 584 g/mol. The summed E-state index contributed by atoms with van der Waals surface area (Å²) in [5.74, 6) is -1.93. The number of allylic oxidation sites excluding steroid dienone is 4. The quantitative estimate of drug-likeness (QED) is 0.257. The number of fused-ring (bicyclic) bond motifs is 5. The van der Waals surface area contributed by atoms with Gasteiger partial charge >= 0.3 is 5.97 Å². The molecule has 3 aliphatic heterocycles. The largest absolute Gasteiger partial charge is 0.507 e. The average molecular weight is 629 g/mol. The van der Waals surface area contributed by atoms with E-state index in [0.717, 1.165) is 24.0 Å². The Morgan fingerprint density at radius 3 is 2.46 bits per heavy atom. The number of aliphatic carboxylic acids is 1. The number of carbonyl (C=O) groups is 3. The Hall–Kier alpha value is -3.65. The van der Waals surface area contributed by atoms with Gasteiger partial charge in [0.25, 0.3) is 0 Å². The molecule has 3 fully saturated rings. The third-order valence-electron chi connectivity index (χ3n) is 11.8. The van der Waals surface area contributed by atoms with Crippen molar-refractivity contribution in [3.63, 3.8) is 0 Å². The summed E-state index contributed by atoms with van der Waals surface area (Å²) in [5, 5.41) is 21.8. The van der Waals surface area contributed by atoms with E-state index in [1.165, 1.54) is 13.0 Å². The number of ketones is 2. The average Bonchev–Trinajstić information content (AvgIpc) is 3.11. The fourth-order valence-electron chi connectivity index (χ4n) is 9.66. The molecule has 1 aromatic carbocycles. The molecule has 3 heterocycles. The van der Waals surface area contributed by atoms with Gasteiger partial charge in [-0.05, 0) is 86.5 Å². The molecule has 46 heavy (non-hydrogen) atoms. The summed E-state index contributed by atoms with van der Waals surface area (Å²) in [4.78, 5) is 41.1. The molecule has 8 heteroatoms. The summed E-state index contributed by atoms with van der Waals surface area (Å²) in [6, 6.07) is 0. The first-order valence-corrected chi connectivity index (χ1v) is 16.5. The van der Waals surface area contributed by atoms with Crippen LogP contribution in [0.1, 0.15) is 108 Å². The van der Waals surface area contributed by atoms with Crippen LogP contribution in [0.5, 0.6) is 17.2 Å². The first kappa shape index (κ1) is 31.0. The molecular formula is C38H44O8. The van der Waals surface area contributed by atoms with Gasteiger partial charge in [-0.3, -0.25) is 9.59 Å². The number of rotatable bonds is 6. The topological polar surface area (TPSA) is 119 Å². The Morgan fingerprint density at radius 1 is 1.09 bits per heavy atom. The molecule has 244 valence electrons. The molecule has 7 atom stereocenters. The number of carboxylic acids is 1. The standard InChI is InChI=1S/C38H44O8/c1-18(2)9-10-23-31-27(24-17-36(8,44-31)13-12-22(24)19(3)4)30(40)28-29(39)25-15-21-16-26-35(6,7)46-37(33(21)41,14-11-20(5)34(42)43)38(25,26)45-32(23)28/h9,11,15,21-22,24,26,40H,3,10,12-14,16-17H2,1-2,4-8H3,(H,42,43)/b20-11-/t21-,22+,24-,26+,36+,37+,38-/m1/s1. The van der Waals surface area contributed by atoms with Gasteiger partial charge in [0, 0.05) is 46.4 Å². The van der Waals surface area contributed by atoms with E-state index in [0.29, 0.717) is 41.7 Å². The van der Waals surface area contributed by atoms with Gasteiger partial charge in [-0.15, -0.1) is 0 Å². The molecule has 0 amide bonds. The number of ether oxygens (including phenoxy) is 3. The molecule has 2 N–H and O–H groups in total. The number of Topliss-reactive ketones (excluding diaryl/α,β-unsaturated/α-hetero) is 2. The predicted molar refractivity (Wildman–Crippen MR) is 171 cm³/mol. The number of phenolic OH excluding ortho intramolecular Hbond substituents is 1. The molecule has 4 aliphatic carbocycles. The fraction of sp³-hybridized carbons (Fsp3) is 0.553. The molecule has 8 rings (SSSR count). The molecule has 0 radical (unpaired) electrons. The Labute approximate surface area is 270 Å². The highest BCUT2D eigenvalue weighted by Crippen LogP contribution is 2.69. The Kier molecular flexibility index (Phi) is 6.53. The number of hydrogen-bond donors (Lipinski definition) is 2. The van der Waals surface area contributed by atoms with Gasteiger partial charge < -0.3 is 24.4 Å². The summed E-state index contributed by atoms with van der Waals surface area (Å²) < 4.78 is 20.8. The highest BCUT2D eigenvalue weighted by Gasteiger charge is 2.81. The lowest BCUT2D eigenvalue weighted by molar-refractivity contribution is -0.171. The zero-order valence-electron chi connectivity index (χ0n) is 27.8. The number of carbonyl (C=O) groups excluding carboxylic acids is 2. The van der Waals surface area contributed by atoms with Gasteiger partial charge in [0.15, 0.2) is 22.8 Å². The maximum Gasteiger partial charge on any atom is 0.330 e. The van der Waals surface area contributed by atoms with Crippen LogP contribution in [-0.4, -0.2) is 50.2 Å². The first-order valence-electron chi connectivity index (χ1n) is 16.5. The maximum absolute atomic E-state index is 15.0. The monoisotopic (exact) mass is 628 g/mol. The highest BCUT2D eigenvalue weighted by molar-refractivity contribution is 6.18. The zero-order valence-corrected chi connectivity index (χ0v) is 27.8. The van der Waals surface area contributed by atoms with Gasteiger partial charge in [0.05, 0.1) is 5.60 Å². The summed E-state index contributed by atoms with van der Waals surface area (Å²) in [6.07, 6.45) is 8.47. The van der Waals surface area contributed by atoms with Crippen LogP contribution in [0.4, 0.5) is 0 Å². The molecule has 1 saturated heterocycles. The van der Waals surface area contributed by atoms with Crippen molar-refractivity contribution < 1.29 is 38.8 Å². The van der Waals surface area contributed by atoms with Crippen molar-refractivity contribution in [3.8, 4) is 17.2 Å². The van der Waals surface area contributed by atoms with Crippen LogP contribution in [0.2, 0.25) is 0 Å². The van der Waals surface area contributed by atoms with E-state index < -0.39 is 34.3 Å². The van der Waals surface area contributed by atoms with Gasteiger partial charge in [-0.1, -0.05) is 36.0 Å². The van der Waals surface area contributed by atoms with Crippen LogP contribution in [0, 0.1) is 17.8 Å². The summed E-state index contributed by atoms with van der Waals surface area (Å²) >= 11 is 0. The van der Waals surface area contributed by atoms with E-state index in [1.54, 1.807) is 6.08 Å². The van der Waals surface area contributed by atoms with Crippen LogP contribution in [0.15, 0.2) is 47.1 Å². The third kappa shape index (κ3) is 3.85. The summed E-state index contributed by atoms with van der Waals surface area (Å²) in [5.41, 5.74) is -0.519. The minimum atomic E-state index is -1.62. The summed E-state index contributed by atoms with van der Waals surface area (Å²) in [6.45, 7) is 17.7. The van der Waals surface area contributed by atoms with Crippen molar-refractivity contribution in [2.24, 2.45) is 17.8 Å². The number of benzene rings is 1. The molecule has 8 nitrogen and oxygen atoms in total. The van der Waals surface area contributed by atoms with E-state index in [-0.39, 0.29) is 58.4 Å². The smallest absolute Gasteiger partial charge is 0.330 e. The Morgan fingerprint density at radius 2 is 1.80 bits per heavy atom. The molecule has 0 aromatic heterocycles.